The number of fused-ring (bicyclic) bond motifs is 1. The summed E-state index contributed by atoms with van der Waals surface area (Å²) in [4.78, 5) is 28.5. The van der Waals surface area contributed by atoms with Gasteiger partial charge in [-0.15, -0.1) is 10.2 Å². The van der Waals surface area contributed by atoms with E-state index in [1.807, 2.05) is 12.1 Å². The third-order valence-corrected chi connectivity index (χ3v) is 8.52. The summed E-state index contributed by atoms with van der Waals surface area (Å²) >= 11 is 2.53. The summed E-state index contributed by atoms with van der Waals surface area (Å²) in [7, 11) is 1.51. The lowest BCUT2D eigenvalue weighted by atomic mass is 9.95. The Morgan fingerprint density at radius 1 is 1.10 bits per heavy atom. The minimum absolute atomic E-state index is 0.00176. The summed E-state index contributed by atoms with van der Waals surface area (Å²) in [5, 5.41) is 20.4. The molecule has 0 spiro atoms. The van der Waals surface area contributed by atoms with Crippen LogP contribution in [-0.4, -0.2) is 34.1 Å². The highest BCUT2D eigenvalue weighted by Gasteiger charge is 2.47. The number of Topliss-reactive ketones (excluding diaryl/α,β-unsaturated/α-hetero) is 1. The number of hydrogen-bond acceptors (Lipinski definition) is 9. The molecule has 1 unspecified atom stereocenters. The quantitative estimate of drug-likeness (QED) is 0.127. The zero-order chi connectivity index (χ0) is 27.8. The van der Waals surface area contributed by atoms with E-state index >= 15 is 0 Å². The van der Waals surface area contributed by atoms with Crippen LogP contribution in [-0.2, 0) is 10.5 Å². The third kappa shape index (κ3) is 4.74. The van der Waals surface area contributed by atoms with Crippen LogP contribution in [0.2, 0.25) is 0 Å². The second-order valence-corrected chi connectivity index (χ2v) is 11.0. The maximum absolute atomic E-state index is 13.8. The normalized spacial score (nSPS) is 15.3. The molecule has 0 saturated carbocycles. The summed E-state index contributed by atoms with van der Waals surface area (Å²) < 4.78 is 25.0. The number of carbonyl (C=O) groups excluding carboxylic acids is 2. The number of nitrogens with zero attached hydrogens (tertiary/aromatic N) is 3. The van der Waals surface area contributed by atoms with Gasteiger partial charge in [0.05, 0.1) is 18.7 Å². The Balaban J connectivity index is 1.37. The van der Waals surface area contributed by atoms with Crippen molar-refractivity contribution in [3.63, 3.8) is 0 Å². The molecule has 11 heteroatoms. The summed E-state index contributed by atoms with van der Waals surface area (Å²) in [5.41, 5.74) is 1.81. The first-order valence-electron chi connectivity index (χ1n) is 12.1. The van der Waals surface area contributed by atoms with Crippen molar-refractivity contribution in [2.45, 2.75) is 16.1 Å². The van der Waals surface area contributed by atoms with E-state index in [4.69, 9.17) is 9.15 Å². The molecular formula is C29H20FN3O5S2. The van der Waals surface area contributed by atoms with Gasteiger partial charge < -0.3 is 14.3 Å². The number of aromatic nitrogens is 2. The van der Waals surface area contributed by atoms with Gasteiger partial charge in [0, 0.05) is 11.1 Å². The molecule has 8 nitrogen and oxygen atoms in total. The maximum Gasteiger partial charge on any atom is 0.296 e. The minimum atomic E-state index is -1.01. The molecule has 0 aliphatic carbocycles. The van der Waals surface area contributed by atoms with Crippen molar-refractivity contribution in [3.05, 3.63) is 113 Å². The number of aliphatic hydroxyl groups excluding tert-OH is 1. The van der Waals surface area contributed by atoms with Gasteiger partial charge in [0.25, 0.3) is 5.91 Å². The van der Waals surface area contributed by atoms with E-state index in [1.54, 1.807) is 54.6 Å². The SMILES string of the molecule is COc1cccc(C2C(C(=O)c3cc4ccccc4o3)=C(O)C(=O)N2c2nnc(SCc3ccc(F)cc3)s2)c1. The van der Waals surface area contributed by atoms with E-state index in [1.165, 1.54) is 35.9 Å². The van der Waals surface area contributed by atoms with Crippen molar-refractivity contribution in [3.8, 4) is 5.75 Å². The fourth-order valence-corrected chi connectivity index (χ4v) is 6.30. The first-order valence-corrected chi connectivity index (χ1v) is 13.9. The number of ether oxygens (including phenoxy) is 1. The highest BCUT2D eigenvalue weighted by Crippen LogP contribution is 2.44. The Labute approximate surface area is 235 Å². The van der Waals surface area contributed by atoms with Crippen LogP contribution < -0.4 is 9.64 Å². The van der Waals surface area contributed by atoms with Crippen molar-refractivity contribution in [2.75, 3.05) is 12.0 Å². The maximum atomic E-state index is 13.8. The number of furan rings is 1. The number of ketones is 1. The number of methoxy groups -OCH3 is 1. The molecule has 1 aliphatic heterocycles. The molecule has 3 heterocycles. The van der Waals surface area contributed by atoms with Crippen LogP contribution in [0.25, 0.3) is 11.0 Å². The van der Waals surface area contributed by atoms with Gasteiger partial charge in [0.15, 0.2) is 15.9 Å². The largest absolute Gasteiger partial charge is 0.503 e. The van der Waals surface area contributed by atoms with Crippen LogP contribution in [0.15, 0.2) is 99.0 Å². The molecule has 1 N–H and O–H groups in total. The number of halogens is 1. The van der Waals surface area contributed by atoms with Crippen LogP contribution in [0.4, 0.5) is 9.52 Å². The monoisotopic (exact) mass is 573 g/mol. The molecule has 3 aromatic carbocycles. The van der Waals surface area contributed by atoms with Crippen LogP contribution in [0.3, 0.4) is 0 Å². The van der Waals surface area contributed by atoms with Crippen molar-refractivity contribution in [1.82, 2.24) is 10.2 Å². The molecule has 1 aliphatic rings. The predicted octanol–water partition coefficient (Wildman–Crippen LogP) is 6.51. The number of para-hydroxylation sites is 1. The first kappa shape index (κ1) is 25.8. The molecule has 40 heavy (non-hydrogen) atoms. The molecular weight excluding hydrogens is 553 g/mol. The smallest absolute Gasteiger partial charge is 0.296 e. The number of anilines is 1. The molecule has 0 saturated heterocycles. The van der Waals surface area contributed by atoms with Crippen LogP contribution in [0.5, 0.6) is 5.75 Å². The molecule has 0 radical (unpaired) electrons. The summed E-state index contributed by atoms with van der Waals surface area (Å²) in [6.07, 6.45) is 0. The standard InChI is InChI=1S/C29H20FN3O5S2/c1-37-20-7-4-6-18(13-20)24-23(25(34)22-14-17-5-2-3-8-21(17)38-22)26(35)27(36)33(24)28-31-32-29(40-28)39-15-16-9-11-19(30)12-10-16/h2-14,24,35H,15H2,1H3. The van der Waals surface area contributed by atoms with Gasteiger partial charge in [-0.3, -0.25) is 14.5 Å². The highest BCUT2D eigenvalue weighted by molar-refractivity contribution is 8.00. The predicted molar refractivity (Wildman–Crippen MR) is 149 cm³/mol. The van der Waals surface area contributed by atoms with Gasteiger partial charge in [0.2, 0.25) is 10.9 Å². The number of rotatable bonds is 8. The third-order valence-electron chi connectivity index (χ3n) is 6.39. The fourth-order valence-electron chi connectivity index (χ4n) is 4.47. The van der Waals surface area contributed by atoms with E-state index < -0.39 is 23.5 Å². The number of aliphatic hydroxyl groups is 1. The lowest BCUT2D eigenvalue weighted by Crippen LogP contribution is -2.31. The Hall–Kier alpha value is -4.48. The number of hydrogen-bond donors (Lipinski definition) is 1. The first-order chi connectivity index (χ1) is 19.4. The van der Waals surface area contributed by atoms with Crippen molar-refractivity contribution in [1.29, 1.82) is 0 Å². The lowest BCUT2D eigenvalue weighted by molar-refractivity contribution is -0.117. The van der Waals surface area contributed by atoms with Crippen molar-refractivity contribution in [2.24, 2.45) is 0 Å². The molecule has 1 amide bonds. The van der Waals surface area contributed by atoms with E-state index in [9.17, 15) is 19.1 Å². The summed E-state index contributed by atoms with van der Waals surface area (Å²) in [6.45, 7) is 0. The molecule has 200 valence electrons. The molecule has 0 bridgehead atoms. The number of thioether (sulfide) groups is 1. The Morgan fingerprint density at radius 3 is 2.67 bits per heavy atom. The second-order valence-electron chi connectivity index (χ2n) is 8.86. The van der Waals surface area contributed by atoms with E-state index in [2.05, 4.69) is 10.2 Å². The Bertz CT molecular complexity index is 1750. The van der Waals surface area contributed by atoms with Crippen LogP contribution in [0, 0.1) is 5.82 Å². The number of amides is 1. The highest BCUT2D eigenvalue weighted by atomic mass is 32.2. The lowest BCUT2D eigenvalue weighted by Gasteiger charge is -2.24. The number of benzene rings is 3. The zero-order valence-electron chi connectivity index (χ0n) is 20.9. The van der Waals surface area contributed by atoms with Crippen LogP contribution >= 0.6 is 23.1 Å². The summed E-state index contributed by atoms with van der Waals surface area (Å²) in [6, 6.07) is 20.8. The van der Waals surface area contributed by atoms with Gasteiger partial charge in [-0.2, -0.15) is 0 Å². The number of carbonyl (C=O) groups is 2. The Morgan fingerprint density at radius 2 is 1.90 bits per heavy atom. The Kier molecular flexibility index (Phi) is 6.82. The molecule has 2 aromatic heterocycles. The van der Waals surface area contributed by atoms with Gasteiger partial charge in [-0.1, -0.05) is 65.6 Å². The van der Waals surface area contributed by atoms with E-state index in [0.29, 0.717) is 27.0 Å². The fraction of sp³-hybridized carbons (Fsp3) is 0.103. The van der Waals surface area contributed by atoms with Gasteiger partial charge >= 0.3 is 0 Å². The second kappa shape index (κ2) is 10.6. The average molecular weight is 574 g/mol. The van der Waals surface area contributed by atoms with E-state index in [0.717, 1.165) is 22.3 Å². The molecule has 6 rings (SSSR count). The summed E-state index contributed by atoms with van der Waals surface area (Å²) in [5.74, 6) is -1.37. The van der Waals surface area contributed by atoms with Crippen LogP contribution in [0.1, 0.15) is 27.7 Å². The molecule has 0 fully saturated rings. The zero-order valence-corrected chi connectivity index (χ0v) is 22.5. The van der Waals surface area contributed by atoms with E-state index in [-0.39, 0.29) is 22.3 Å². The van der Waals surface area contributed by atoms with Gasteiger partial charge in [-0.25, -0.2) is 4.39 Å². The average Bonchev–Trinajstić information content (AvgIpc) is 3.69. The minimum Gasteiger partial charge on any atom is -0.503 e. The van der Waals surface area contributed by atoms with Crippen molar-refractivity contribution >= 4 is 50.9 Å². The topological polar surface area (TPSA) is 106 Å². The van der Waals surface area contributed by atoms with Gasteiger partial charge in [0.1, 0.15) is 17.1 Å². The molecule has 1 atom stereocenters. The van der Waals surface area contributed by atoms with Crippen molar-refractivity contribution < 1.29 is 28.2 Å². The molecule has 5 aromatic rings. The van der Waals surface area contributed by atoms with Gasteiger partial charge in [-0.05, 0) is 47.5 Å².